The summed E-state index contributed by atoms with van der Waals surface area (Å²) in [7, 11) is 0. The molecule has 0 aliphatic heterocycles. The molecule has 0 saturated carbocycles. The van der Waals surface area contributed by atoms with Gasteiger partial charge in [0.2, 0.25) is 0 Å². The standard InChI is InChI=1S/C11H22F3NO2/c1-4-5-15-10(3,7-16)6-9(2)17-8-11(12,13)14/h9,15-16H,4-8H2,1-3H3. The molecule has 0 aromatic rings. The van der Waals surface area contributed by atoms with E-state index in [0.29, 0.717) is 13.0 Å². The molecule has 0 spiro atoms. The zero-order chi connectivity index (χ0) is 13.5. The van der Waals surface area contributed by atoms with E-state index in [-0.39, 0.29) is 6.61 Å². The van der Waals surface area contributed by atoms with Gasteiger partial charge in [-0.3, -0.25) is 0 Å². The summed E-state index contributed by atoms with van der Waals surface area (Å²) in [6.45, 7) is 4.66. The van der Waals surface area contributed by atoms with Crippen molar-refractivity contribution in [3.63, 3.8) is 0 Å². The van der Waals surface area contributed by atoms with Gasteiger partial charge in [0, 0.05) is 5.54 Å². The maximum atomic E-state index is 11.9. The molecule has 0 aliphatic rings. The van der Waals surface area contributed by atoms with Crippen molar-refractivity contribution >= 4 is 0 Å². The van der Waals surface area contributed by atoms with Crippen molar-refractivity contribution in [3.05, 3.63) is 0 Å². The smallest absolute Gasteiger partial charge is 0.394 e. The molecular formula is C11H22F3NO2. The third-order valence-corrected chi connectivity index (χ3v) is 2.42. The highest BCUT2D eigenvalue weighted by Crippen LogP contribution is 2.19. The largest absolute Gasteiger partial charge is 0.411 e. The topological polar surface area (TPSA) is 41.5 Å². The van der Waals surface area contributed by atoms with Gasteiger partial charge in [-0.1, -0.05) is 6.92 Å². The molecule has 3 nitrogen and oxygen atoms in total. The van der Waals surface area contributed by atoms with Gasteiger partial charge in [-0.05, 0) is 33.2 Å². The normalized spacial score (nSPS) is 17.8. The van der Waals surface area contributed by atoms with Gasteiger partial charge in [0.25, 0.3) is 0 Å². The van der Waals surface area contributed by atoms with Gasteiger partial charge in [-0.25, -0.2) is 0 Å². The Morgan fingerprint density at radius 2 is 1.94 bits per heavy atom. The van der Waals surface area contributed by atoms with Crippen LogP contribution in [0.3, 0.4) is 0 Å². The lowest BCUT2D eigenvalue weighted by Gasteiger charge is -2.31. The Morgan fingerprint density at radius 1 is 1.35 bits per heavy atom. The molecule has 2 atom stereocenters. The lowest BCUT2D eigenvalue weighted by atomic mass is 9.95. The highest BCUT2D eigenvalue weighted by molar-refractivity contribution is 4.84. The quantitative estimate of drug-likeness (QED) is 0.699. The zero-order valence-corrected chi connectivity index (χ0v) is 10.6. The summed E-state index contributed by atoms with van der Waals surface area (Å²) in [4.78, 5) is 0. The van der Waals surface area contributed by atoms with Crippen molar-refractivity contribution < 1.29 is 23.0 Å². The Morgan fingerprint density at radius 3 is 2.35 bits per heavy atom. The van der Waals surface area contributed by atoms with Crippen molar-refractivity contribution in [2.75, 3.05) is 19.8 Å². The van der Waals surface area contributed by atoms with Crippen LogP contribution >= 0.6 is 0 Å². The molecule has 0 aromatic carbocycles. The fourth-order valence-electron chi connectivity index (χ4n) is 1.55. The molecule has 0 aliphatic carbocycles. The van der Waals surface area contributed by atoms with Gasteiger partial charge in [0.1, 0.15) is 6.61 Å². The summed E-state index contributed by atoms with van der Waals surface area (Å²) in [5, 5.41) is 12.4. The molecule has 0 aromatic heterocycles. The first kappa shape index (κ1) is 16.7. The van der Waals surface area contributed by atoms with E-state index in [4.69, 9.17) is 4.74 Å². The summed E-state index contributed by atoms with van der Waals surface area (Å²) in [6.07, 6.45) is -3.63. The average molecular weight is 257 g/mol. The lowest BCUT2D eigenvalue weighted by molar-refractivity contribution is -0.185. The molecule has 0 radical (unpaired) electrons. The highest BCUT2D eigenvalue weighted by Gasteiger charge is 2.31. The van der Waals surface area contributed by atoms with E-state index in [1.54, 1.807) is 13.8 Å². The van der Waals surface area contributed by atoms with E-state index >= 15 is 0 Å². The second-order valence-electron chi connectivity index (χ2n) is 4.59. The Balaban J connectivity index is 4.09. The minimum Gasteiger partial charge on any atom is -0.394 e. The lowest BCUT2D eigenvalue weighted by Crippen LogP contribution is -2.48. The fourth-order valence-corrected chi connectivity index (χ4v) is 1.55. The first-order chi connectivity index (χ1) is 7.72. The first-order valence-electron chi connectivity index (χ1n) is 5.76. The van der Waals surface area contributed by atoms with Gasteiger partial charge < -0.3 is 15.2 Å². The van der Waals surface area contributed by atoms with E-state index in [1.165, 1.54) is 0 Å². The van der Waals surface area contributed by atoms with Gasteiger partial charge >= 0.3 is 6.18 Å². The van der Waals surface area contributed by atoms with E-state index in [9.17, 15) is 18.3 Å². The monoisotopic (exact) mass is 257 g/mol. The van der Waals surface area contributed by atoms with Gasteiger partial charge in [0.05, 0.1) is 12.7 Å². The number of rotatable bonds is 8. The highest BCUT2D eigenvalue weighted by atomic mass is 19.4. The first-order valence-corrected chi connectivity index (χ1v) is 5.76. The van der Waals surface area contributed by atoms with Crippen LogP contribution in [0.1, 0.15) is 33.6 Å². The maximum absolute atomic E-state index is 11.9. The van der Waals surface area contributed by atoms with Crippen LogP contribution in [-0.2, 0) is 4.74 Å². The number of hydrogen-bond donors (Lipinski definition) is 2. The molecule has 0 heterocycles. The second kappa shape index (κ2) is 7.18. The Kier molecular flexibility index (Phi) is 7.04. The number of nitrogens with one attached hydrogen (secondary N) is 1. The van der Waals surface area contributed by atoms with E-state index < -0.39 is 24.4 Å². The van der Waals surface area contributed by atoms with Crippen LogP contribution in [0.2, 0.25) is 0 Å². The molecule has 0 amide bonds. The van der Waals surface area contributed by atoms with Gasteiger partial charge in [-0.2, -0.15) is 13.2 Å². The number of hydrogen-bond acceptors (Lipinski definition) is 3. The van der Waals surface area contributed by atoms with Crippen molar-refractivity contribution in [1.82, 2.24) is 5.32 Å². The van der Waals surface area contributed by atoms with Crippen LogP contribution in [0.5, 0.6) is 0 Å². The number of aliphatic hydroxyl groups is 1. The van der Waals surface area contributed by atoms with Gasteiger partial charge in [-0.15, -0.1) is 0 Å². The van der Waals surface area contributed by atoms with Crippen LogP contribution in [0.4, 0.5) is 13.2 Å². The summed E-state index contributed by atoms with van der Waals surface area (Å²) in [5.74, 6) is 0. The van der Waals surface area contributed by atoms with Crippen molar-refractivity contribution in [2.45, 2.75) is 51.4 Å². The summed E-state index contributed by atoms with van der Waals surface area (Å²) >= 11 is 0. The van der Waals surface area contributed by atoms with Crippen LogP contribution < -0.4 is 5.32 Å². The third kappa shape index (κ3) is 8.40. The minimum absolute atomic E-state index is 0.132. The van der Waals surface area contributed by atoms with Gasteiger partial charge in [0.15, 0.2) is 0 Å². The van der Waals surface area contributed by atoms with Crippen molar-refractivity contribution in [3.8, 4) is 0 Å². The molecule has 6 heteroatoms. The number of aliphatic hydroxyl groups excluding tert-OH is 1. The third-order valence-electron chi connectivity index (χ3n) is 2.42. The van der Waals surface area contributed by atoms with Crippen LogP contribution in [0, 0.1) is 0 Å². The number of halogens is 3. The maximum Gasteiger partial charge on any atom is 0.411 e. The summed E-state index contributed by atoms with van der Waals surface area (Å²) < 4.78 is 40.5. The van der Waals surface area contributed by atoms with E-state index in [0.717, 1.165) is 6.42 Å². The molecule has 2 N–H and O–H groups in total. The molecular weight excluding hydrogens is 235 g/mol. The predicted molar refractivity (Wildman–Crippen MR) is 59.9 cm³/mol. The molecule has 2 unspecified atom stereocenters. The zero-order valence-electron chi connectivity index (χ0n) is 10.6. The summed E-state index contributed by atoms with van der Waals surface area (Å²) in [6, 6.07) is 0. The molecule has 0 saturated heterocycles. The summed E-state index contributed by atoms with van der Waals surface area (Å²) in [5.41, 5.74) is -0.596. The van der Waals surface area contributed by atoms with Crippen LogP contribution in [-0.4, -0.2) is 42.7 Å². The molecule has 17 heavy (non-hydrogen) atoms. The molecule has 0 fully saturated rings. The number of alkyl halides is 3. The Labute approximate surface area is 100 Å². The van der Waals surface area contributed by atoms with E-state index in [1.807, 2.05) is 6.92 Å². The minimum atomic E-state index is -4.30. The van der Waals surface area contributed by atoms with Crippen LogP contribution in [0.15, 0.2) is 0 Å². The fraction of sp³-hybridized carbons (Fsp3) is 1.00. The second-order valence-corrected chi connectivity index (χ2v) is 4.59. The average Bonchev–Trinajstić information content (AvgIpc) is 2.23. The van der Waals surface area contributed by atoms with Crippen molar-refractivity contribution in [1.29, 1.82) is 0 Å². The van der Waals surface area contributed by atoms with E-state index in [2.05, 4.69) is 5.32 Å². The Bertz CT molecular complexity index is 211. The van der Waals surface area contributed by atoms with Crippen molar-refractivity contribution in [2.24, 2.45) is 0 Å². The Hall–Kier alpha value is -0.330. The number of ether oxygens (including phenoxy) is 1. The molecule has 0 rings (SSSR count). The van der Waals surface area contributed by atoms with Crippen LogP contribution in [0.25, 0.3) is 0 Å². The molecule has 104 valence electrons. The SMILES string of the molecule is CCCNC(C)(CO)CC(C)OCC(F)(F)F. The predicted octanol–water partition coefficient (Wildman–Crippen LogP) is 2.09. The molecule has 0 bridgehead atoms.